The minimum Gasteiger partial charge on any atom is -0.306 e. The van der Waals surface area contributed by atoms with Crippen LogP contribution in [0.2, 0.25) is 0 Å². The van der Waals surface area contributed by atoms with Crippen LogP contribution in [-0.2, 0) is 0 Å². The van der Waals surface area contributed by atoms with E-state index in [1.54, 1.807) is 9.80 Å². The fourth-order valence-electron chi connectivity index (χ4n) is 5.79. The topological polar surface area (TPSA) is 30.3 Å². The van der Waals surface area contributed by atoms with E-state index in [1.165, 1.54) is 6.92 Å². The second-order valence-corrected chi connectivity index (χ2v) is 10.0. The van der Waals surface area contributed by atoms with Gasteiger partial charge in [0.2, 0.25) is 0 Å². The van der Waals surface area contributed by atoms with E-state index in [0.717, 1.165) is 22.3 Å². The van der Waals surface area contributed by atoms with Crippen LogP contribution in [0, 0.1) is 29.9 Å². The molecule has 0 amide bonds. The summed E-state index contributed by atoms with van der Waals surface area (Å²) < 4.78 is 34.0. The van der Waals surface area contributed by atoms with Gasteiger partial charge in [0.15, 0.2) is 5.82 Å². The molecule has 196 valence electrons. The first-order valence-corrected chi connectivity index (χ1v) is 13.3. The lowest BCUT2D eigenvalue weighted by Gasteiger charge is -2.33. The molecule has 0 aromatic heterocycles. The standard InChI is InChI=1S/C36H23F2N3/c1-23-33(37)28(22-39)36(41-31-16-8-4-12-26(31)20-21-27-13-5-9-17-32(27)41)34(38)35(23)40-29-14-6-2-10-24(29)18-19-25-11-3-7-15-30(25)40/h2-21H,1H3. The molecule has 2 aliphatic heterocycles. The number of hydrogen-bond acceptors (Lipinski definition) is 3. The highest BCUT2D eigenvalue weighted by Gasteiger charge is 2.34. The molecule has 0 spiro atoms. The summed E-state index contributed by atoms with van der Waals surface area (Å²) in [6.45, 7) is 1.54. The minimum absolute atomic E-state index is 0.0591. The quantitative estimate of drug-likeness (QED) is 0.221. The van der Waals surface area contributed by atoms with Crippen LogP contribution in [0.5, 0.6) is 0 Å². The molecule has 0 aliphatic carbocycles. The number of para-hydroxylation sites is 4. The van der Waals surface area contributed by atoms with E-state index in [1.807, 2.05) is 127 Å². The number of halogens is 2. The van der Waals surface area contributed by atoms with Crippen LogP contribution >= 0.6 is 0 Å². The van der Waals surface area contributed by atoms with Crippen molar-refractivity contribution in [3.05, 3.63) is 142 Å². The molecule has 5 aromatic rings. The van der Waals surface area contributed by atoms with Crippen LogP contribution in [0.3, 0.4) is 0 Å². The Bertz CT molecular complexity index is 1870. The van der Waals surface area contributed by atoms with Crippen molar-refractivity contribution in [3.8, 4) is 6.07 Å². The molecular formula is C36H23F2N3. The van der Waals surface area contributed by atoms with Crippen molar-refractivity contribution in [2.24, 2.45) is 0 Å². The Labute approximate surface area is 237 Å². The molecule has 0 radical (unpaired) electrons. The minimum atomic E-state index is -0.752. The molecular weight excluding hydrogens is 512 g/mol. The SMILES string of the molecule is Cc1c(F)c(C#N)c(N2c3ccccc3C=Cc3ccccc32)c(F)c1N1c2ccccc2C=Cc2ccccc21. The van der Waals surface area contributed by atoms with Gasteiger partial charge in [-0.25, -0.2) is 8.78 Å². The Hall–Kier alpha value is -5.47. The Morgan fingerprint density at radius 1 is 0.512 bits per heavy atom. The molecule has 0 fully saturated rings. The monoisotopic (exact) mass is 535 g/mol. The molecule has 3 nitrogen and oxygen atoms in total. The van der Waals surface area contributed by atoms with Crippen molar-refractivity contribution >= 4 is 58.4 Å². The van der Waals surface area contributed by atoms with Gasteiger partial charge >= 0.3 is 0 Å². The van der Waals surface area contributed by atoms with E-state index in [4.69, 9.17) is 0 Å². The Kier molecular flexibility index (Phi) is 5.76. The van der Waals surface area contributed by atoms with E-state index in [9.17, 15) is 5.26 Å². The normalized spacial score (nSPS) is 12.9. The fraction of sp³-hybridized carbons (Fsp3) is 0.0278. The van der Waals surface area contributed by atoms with Crippen molar-refractivity contribution < 1.29 is 8.78 Å². The smallest absolute Gasteiger partial charge is 0.173 e. The third-order valence-electron chi connectivity index (χ3n) is 7.71. The van der Waals surface area contributed by atoms with Gasteiger partial charge in [0.1, 0.15) is 23.1 Å². The van der Waals surface area contributed by atoms with Crippen LogP contribution in [0.15, 0.2) is 97.1 Å². The van der Waals surface area contributed by atoms with Gasteiger partial charge in [-0.2, -0.15) is 5.26 Å². The summed E-state index contributed by atoms with van der Waals surface area (Å²) in [5.41, 5.74) is 5.75. The molecule has 5 heteroatoms. The van der Waals surface area contributed by atoms with Gasteiger partial charge in [0, 0.05) is 5.56 Å². The maximum Gasteiger partial charge on any atom is 0.173 e. The number of benzene rings is 5. The van der Waals surface area contributed by atoms with Gasteiger partial charge < -0.3 is 9.80 Å². The number of nitrogens with zero attached hydrogens (tertiary/aromatic N) is 3. The number of hydrogen-bond donors (Lipinski definition) is 0. The average Bonchev–Trinajstić information content (AvgIpc) is 3.28. The van der Waals surface area contributed by atoms with Crippen LogP contribution in [0.25, 0.3) is 24.3 Å². The molecule has 0 saturated heterocycles. The van der Waals surface area contributed by atoms with E-state index in [0.29, 0.717) is 22.7 Å². The number of nitriles is 1. The summed E-state index contributed by atoms with van der Waals surface area (Å²) in [6, 6.07) is 32.4. The third kappa shape index (κ3) is 3.76. The maximum absolute atomic E-state index is 17.5. The zero-order valence-corrected chi connectivity index (χ0v) is 22.1. The molecule has 0 bridgehead atoms. The first-order valence-electron chi connectivity index (χ1n) is 13.3. The summed E-state index contributed by atoms with van der Waals surface area (Å²) in [7, 11) is 0. The number of anilines is 6. The fourth-order valence-corrected chi connectivity index (χ4v) is 5.79. The third-order valence-corrected chi connectivity index (χ3v) is 7.71. The van der Waals surface area contributed by atoms with E-state index < -0.39 is 11.6 Å². The summed E-state index contributed by atoms with van der Waals surface area (Å²) in [6.07, 6.45) is 7.87. The van der Waals surface area contributed by atoms with Crippen LogP contribution in [0.1, 0.15) is 33.4 Å². The maximum atomic E-state index is 17.5. The molecule has 0 saturated carbocycles. The first kappa shape index (κ1) is 24.6. The lowest BCUT2D eigenvalue weighted by molar-refractivity contribution is 0.591. The molecule has 0 N–H and O–H groups in total. The number of fused-ring (bicyclic) bond motifs is 4. The molecule has 0 unspecified atom stereocenters. The van der Waals surface area contributed by atoms with Crippen molar-refractivity contribution in [2.45, 2.75) is 6.92 Å². The van der Waals surface area contributed by atoms with Gasteiger partial charge in [0.25, 0.3) is 0 Å². The molecule has 0 atom stereocenters. The van der Waals surface area contributed by atoms with Crippen molar-refractivity contribution in [1.29, 1.82) is 5.26 Å². The molecule has 7 rings (SSSR count). The first-order chi connectivity index (χ1) is 20.1. The van der Waals surface area contributed by atoms with Crippen molar-refractivity contribution in [2.75, 3.05) is 9.80 Å². The van der Waals surface area contributed by atoms with Crippen LogP contribution in [-0.4, -0.2) is 0 Å². The van der Waals surface area contributed by atoms with Crippen LogP contribution < -0.4 is 9.80 Å². The predicted octanol–water partition coefficient (Wildman–Crippen LogP) is 10.1. The Morgan fingerprint density at radius 3 is 1.22 bits per heavy atom. The molecule has 5 aromatic carbocycles. The summed E-state index contributed by atoms with van der Waals surface area (Å²) in [5.74, 6) is -1.43. The van der Waals surface area contributed by atoms with Crippen LogP contribution in [0.4, 0.5) is 42.9 Å². The second kappa shape index (κ2) is 9.62. The largest absolute Gasteiger partial charge is 0.306 e. The Morgan fingerprint density at radius 2 is 0.854 bits per heavy atom. The van der Waals surface area contributed by atoms with Gasteiger partial charge in [0.05, 0.1) is 28.4 Å². The summed E-state index contributed by atoms with van der Waals surface area (Å²) in [5, 5.41) is 10.3. The van der Waals surface area contributed by atoms with Gasteiger partial charge in [-0.3, -0.25) is 0 Å². The molecule has 2 aliphatic rings. The summed E-state index contributed by atoms with van der Waals surface area (Å²) in [4.78, 5) is 3.45. The highest BCUT2D eigenvalue weighted by atomic mass is 19.1. The average molecular weight is 536 g/mol. The zero-order valence-electron chi connectivity index (χ0n) is 22.1. The van der Waals surface area contributed by atoms with Gasteiger partial charge in [-0.1, -0.05) is 97.1 Å². The highest BCUT2D eigenvalue weighted by molar-refractivity contribution is 5.98. The zero-order chi connectivity index (χ0) is 28.1. The van der Waals surface area contributed by atoms with Gasteiger partial charge in [-0.05, 0) is 53.4 Å². The van der Waals surface area contributed by atoms with Crippen molar-refractivity contribution in [1.82, 2.24) is 0 Å². The molecule has 41 heavy (non-hydrogen) atoms. The lowest BCUT2D eigenvalue weighted by Crippen LogP contribution is -2.21. The highest BCUT2D eigenvalue weighted by Crippen LogP contribution is 2.51. The second-order valence-electron chi connectivity index (χ2n) is 10.0. The van der Waals surface area contributed by atoms with E-state index in [-0.39, 0.29) is 22.5 Å². The van der Waals surface area contributed by atoms with E-state index >= 15 is 8.78 Å². The summed E-state index contributed by atoms with van der Waals surface area (Å²) >= 11 is 0. The van der Waals surface area contributed by atoms with Crippen molar-refractivity contribution in [3.63, 3.8) is 0 Å². The molecule has 2 heterocycles. The Balaban J connectivity index is 1.60. The lowest BCUT2D eigenvalue weighted by atomic mass is 10.00. The van der Waals surface area contributed by atoms with Gasteiger partial charge in [-0.15, -0.1) is 0 Å². The van der Waals surface area contributed by atoms with E-state index in [2.05, 4.69) is 0 Å². The number of rotatable bonds is 2. The predicted molar refractivity (Wildman–Crippen MR) is 163 cm³/mol.